The number of pyridine rings is 1. The molecule has 0 fully saturated rings. The summed E-state index contributed by atoms with van der Waals surface area (Å²) in [5.74, 6) is -0.657. The number of amides is 2. The maximum Gasteiger partial charge on any atom is 0.251 e. The number of aromatic nitrogens is 1. The number of carbonyl (C=O) groups is 2. The second kappa shape index (κ2) is 7.32. The summed E-state index contributed by atoms with van der Waals surface area (Å²) in [7, 11) is 0. The molecule has 0 bridgehead atoms. The third-order valence-corrected chi connectivity index (χ3v) is 3.99. The molecule has 2 amide bonds. The summed E-state index contributed by atoms with van der Waals surface area (Å²) in [6.07, 6.45) is 1.67. The second-order valence-electron chi connectivity index (χ2n) is 5.57. The highest BCUT2D eigenvalue weighted by molar-refractivity contribution is 6.30. The number of hydrogen-bond donors (Lipinski definition) is 2. The molecule has 0 aliphatic rings. The predicted octanol–water partition coefficient (Wildman–Crippen LogP) is 3.65. The van der Waals surface area contributed by atoms with Crippen LogP contribution in [0.4, 0.5) is 5.69 Å². The normalized spacial score (nSPS) is 11.8. The molecule has 2 N–H and O–H groups in total. The van der Waals surface area contributed by atoms with Gasteiger partial charge in [-0.2, -0.15) is 0 Å². The number of halogens is 1. The van der Waals surface area contributed by atoms with Crippen LogP contribution < -0.4 is 10.6 Å². The molecule has 0 spiro atoms. The molecule has 5 nitrogen and oxygen atoms in total. The first-order chi connectivity index (χ1) is 12.0. The number of benzene rings is 2. The van der Waals surface area contributed by atoms with Crippen molar-refractivity contribution in [2.75, 3.05) is 5.32 Å². The fourth-order valence-corrected chi connectivity index (χ4v) is 2.52. The Kier molecular flexibility index (Phi) is 4.95. The molecule has 1 aromatic heterocycles. The van der Waals surface area contributed by atoms with E-state index >= 15 is 0 Å². The van der Waals surface area contributed by atoms with Crippen LogP contribution in [0, 0.1) is 0 Å². The lowest BCUT2D eigenvalue weighted by atomic mass is 10.1. The molecule has 0 saturated carbocycles. The lowest BCUT2D eigenvalue weighted by molar-refractivity contribution is -0.117. The number of fused-ring (bicyclic) bond motifs is 1. The molecule has 1 unspecified atom stereocenters. The van der Waals surface area contributed by atoms with Crippen molar-refractivity contribution >= 4 is 40.0 Å². The van der Waals surface area contributed by atoms with Gasteiger partial charge in [0.15, 0.2) is 0 Å². The van der Waals surface area contributed by atoms with Crippen LogP contribution in [0.15, 0.2) is 60.8 Å². The van der Waals surface area contributed by atoms with Gasteiger partial charge in [-0.3, -0.25) is 14.6 Å². The molecular weight excluding hydrogens is 338 g/mol. The van der Waals surface area contributed by atoms with Crippen LogP contribution in [0.5, 0.6) is 0 Å². The summed E-state index contributed by atoms with van der Waals surface area (Å²) in [5.41, 5.74) is 1.75. The zero-order chi connectivity index (χ0) is 17.8. The minimum absolute atomic E-state index is 0.319. The summed E-state index contributed by atoms with van der Waals surface area (Å²) in [6, 6.07) is 15.1. The van der Waals surface area contributed by atoms with Gasteiger partial charge in [0.25, 0.3) is 5.91 Å². The first-order valence-electron chi connectivity index (χ1n) is 7.75. The molecule has 0 aliphatic carbocycles. The van der Waals surface area contributed by atoms with E-state index in [1.165, 1.54) is 0 Å². The van der Waals surface area contributed by atoms with Crippen molar-refractivity contribution < 1.29 is 9.59 Å². The first-order valence-corrected chi connectivity index (χ1v) is 8.13. The SMILES string of the molecule is CC(NC(=O)c1ccc(Cl)cc1)C(=O)Nc1cccc2cccnc12. The van der Waals surface area contributed by atoms with Crippen molar-refractivity contribution in [3.05, 3.63) is 71.4 Å². The van der Waals surface area contributed by atoms with E-state index in [0.29, 0.717) is 21.8 Å². The van der Waals surface area contributed by atoms with Crippen molar-refractivity contribution in [2.24, 2.45) is 0 Å². The predicted molar refractivity (Wildman–Crippen MR) is 98.8 cm³/mol. The molecule has 0 aliphatic heterocycles. The Morgan fingerprint density at radius 2 is 1.76 bits per heavy atom. The van der Waals surface area contributed by atoms with E-state index in [4.69, 9.17) is 11.6 Å². The highest BCUT2D eigenvalue weighted by atomic mass is 35.5. The Bertz CT molecular complexity index is 920. The molecule has 126 valence electrons. The molecular formula is C19H16ClN3O2. The maximum atomic E-state index is 12.4. The van der Waals surface area contributed by atoms with Crippen molar-refractivity contribution in [3.8, 4) is 0 Å². The highest BCUT2D eigenvalue weighted by Gasteiger charge is 2.17. The number of para-hydroxylation sites is 1. The fourth-order valence-electron chi connectivity index (χ4n) is 2.39. The van der Waals surface area contributed by atoms with Crippen molar-refractivity contribution in [1.82, 2.24) is 10.3 Å². The topological polar surface area (TPSA) is 71.1 Å². The van der Waals surface area contributed by atoms with Crippen molar-refractivity contribution in [1.29, 1.82) is 0 Å². The van der Waals surface area contributed by atoms with E-state index in [-0.39, 0.29) is 11.8 Å². The summed E-state index contributed by atoms with van der Waals surface area (Å²) in [4.78, 5) is 28.9. The monoisotopic (exact) mass is 353 g/mol. The van der Waals surface area contributed by atoms with Gasteiger partial charge in [-0.1, -0.05) is 29.8 Å². The van der Waals surface area contributed by atoms with Gasteiger partial charge in [-0.05, 0) is 43.3 Å². The number of anilines is 1. The van der Waals surface area contributed by atoms with E-state index in [1.54, 1.807) is 43.5 Å². The Hall–Kier alpha value is -2.92. The maximum absolute atomic E-state index is 12.4. The zero-order valence-corrected chi connectivity index (χ0v) is 14.2. The van der Waals surface area contributed by atoms with Gasteiger partial charge in [-0.15, -0.1) is 0 Å². The summed E-state index contributed by atoms with van der Waals surface area (Å²) in [5, 5.41) is 6.96. The highest BCUT2D eigenvalue weighted by Crippen LogP contribution is 2.20. The zero-order valence-electron chi connectivity index (χ0n) is 13.5. The van der Waals surface area contributed by atoms with Crippen LogP contribution in [0.1, 0.15) is 17.3 Å². The summed E-state index contributed by atoms with van der Waals surface area (Å²) in [6.45, 7) is 1.63. The average molecular weight is 354 g/mol. The van der Waals surface area contributed by atoms with E-state index < -0.39 is 6.04 Å². The van der Waals surface area contributed by atoms with E-state index in [2.05, 4.69) is 15.6 Å². The van der Waals surface area contributed by atoms with Crippen molar-refractivity contribution in [3.63, 3.8) is 0 Å². The first kappa shape index (κ1) is 16.9. The lowest BCUT2D eigenvalue weighted by Gasteiger charge is -2.15. The minimum Gasteiger partial charge on any atom is -0.341 e. The standard InChI is InChI=1S/C19H16ClN3O2/c1-12(22-19(25)14-7-9-15(20)10-8-14)18(24)23-16-6-2-4-13-5-3-11-21-17(13)16/h2-12H,1H3,(H,22,25)(H,23,24). The van der Waals surface area contributed by atoms with Gasteiger partial charge in [0.2, 0.25) is 5.91 Å². The fraction of sp³-hybridized carbons (Fsp3) is 0.105. The van der Waals surface area contributed by atoms with E-state index in [9.17, 15) is 9.59 Å². The summed E-state index contributed by atoms with van der Waals surface area (Å²) < 4.78 is 0. The Morgan fingerprint density at radius 1 is 1.04 bits per heavy atom. The van der Waals surface area contributed by atoms with Crippen LogP contribution in [0.2, 0.25) is 5.02 Å². The Morgan fingerprint density at radius 3 is 2.52 bits per heavy atom. The van der Waals surface area contributed by atoms with Crippen LogP contribution in [0.25, 0.3) is 10.9 Å². The van der Waals surface area contributed by atoms with Gasteiger partial charge in [-0.25, -0.2) is 0 Å². The van der Waals surface area contributed by atoms with Gasteiger partial charge in [0.05, 0.1) is 11.2 Å². The average Bonchev–Trinajstić information content (AvgIpc) is 2.62. The minimum atomic E-state index is -0.706. The van der Waals surface area contributed by atoms with E-state index in [1.807, 2.05) is 24.3 Å². The molecule has 2 aromatic carbocycles. The van der Waals surface area contributed by atoms with Crippen LogP contribution in [0.3, 0.4) is 0 Å². The molecule has 25 heavy (non-hydrogen) atoms. The van der Waals surface area contributed by atoms with Crippen LogP contribution >= 0.6 is 11.6 Å². The smallest absolute Gasteiger partial charge is 0.251 e. The number of nitrogens with one attached hydrogen (secondary N) is 2. The molecule has 1 atom stereocenters. The quantitative estimate of drug-likeness (QED) is 0.752. The number of carbonyl (C=O) groups excluding carboxylic acids is 2. The van der Waals surface area contributed by atoms with Gasteiger partial charge in [0.1, 0.15) is 6.04 Å². The third kappa shape index (κ3) is 3.95. The molecule has 3 aromatic rings. The molecule has 3 rings (SSSR count). The van der Waals surface area contributed by atoms with Crippen LogP contribution in [-0.4, -0.2) is 22.8 Å². The summed E-state index contributed by atoms with van der Waals surface area (Å²) >= 11 is 5.81. The Labute approximate surface area is 150 Å². The second-order valence-corrected chi connectivity index (χ2v) is 6.01. The van der Waals surface area contributed by atoms with Crippen LogP contribution in [-0.2, 0) is 4.79 Å². The number of hydrogen-bond acceptors (Lipinski definition) is 3. The molecule has 6 heteroatoms. The third-order valence-electron chi connectivity index (χ3n) is 3.74. The molecule has 1 heterocycles. The molecule has 0 radical (unpaired) electrons. The van der Waals surface area contributed by atoms with E-state index in [0.717, 1.165) is 5.39 Å². The molecule has 0 saturated heterocycles. The van der Waals surface area contributed by atoms with Crippen molar-refractivity contribution in [2.45, 2.75) is 13.0 Å². The number of nitrogens with zero attached hydrogens (tertiary/aromatic N) is 1. The van der Waals surface area contributed by atoms with Gasteiger partial charge in [0, 0.05) is 22.2 Å². The Balaban J connectivity index is 1.70. The lowest BCUT2D eigenvalue weighted by Crippen LogP contribution is -2.41. The number of rotatable bonds is 4. The van der Waals surface area contributed by atoms with Gasteiger partial charge >= 0.3 is 0 Å². The largest absolute Gasteiger partial charge is 0.341 e. The van der Waals surface area contributed by atoms with Gasteiger partial charge < -0.3 is 10.6 Å².